The zero-order valence-corrected chi connectivity index (χ0v) is 15.8. The van der Waals surface area contributed by atoms with E-state index >= 15 is 0 Å². The highest BCUT2D eigenvalue weighted by atomic mass is 16.2. The largest absolute Gasteiger partial charge is 0.347 e. The average Bonchev–Trinajstić information content (AvgIpc) is 3.04. The Bertz CT molecular complexity index is 1110. The summed E-state index contributed by atoms with van der Waals surface area (Å²) in [5, 5.41) is 7.97. The Morgan fingerprint density at radius 1 is 1.15 bits per heavy atom. The van der Waals surface area contributed by atoms with Crippen LogP contribution < -0.4 is 5.56 Å². The SMILES string of the molecule is CC(=O)C(C(=O)N(C)C)n1cnc2c(nnn2-c2ccc(C)c(C)c2)c1=O. The maximum atomic E-state index is 12.9. The van der Waals surface area contributed by atoms with Crippen molar-refractivity contribution in [1.29, 1.82) is 0 Å². The van der Waals surface area contributed by atoms with Crippen LogP contribution in [0.2, 0.25) is 0 Å². The number of benzene rings is 1. The van der Waals surface area contributed by atoms with E-state index in [1.165, 1.54) is 36.9 Å². The van der Waals surface area contributed by atoms with Crippen molar-refractivity contribution in [3.05, 3.63) is 46.0 Å². The van der Waals surface area contributed by atoms with Crippen LogP contribution in [0.25, 0.3) is 16.9 Å². The molecule has 0 aliphatic carbocycles. The Balaban J connectivity index is 2.17. The molecule has 0 radical (unpaired) electrons. The molecule has 27 heavy (non-hydrogen) atoms. The van der Waals surface area contributed by atoms with E-state index in [2.05, 4.69) is 15.3 Å². The number of ketones is 1. The van der Waals surface area contributed by atoms with Crippen LogP contribution in [0, 0.1) is 13.8 Å². The van der Waals surface area contributed by atoms with E-state index in [-0.39, 0.29) is 11.2 Å². The third-order valence-electron chi connectivity index (χ3n) is 4.46. The van der Waals surface area contributed by atoms with E-state index in [0.717, 1.165) is 21.4 Å². The van der Waals surface area contributed by atoms with Crippen LogP contribution in [0.15, 0.2) is 29.3 Å². The van der Waals surface area contributed by atoms with Crippen molar-refractivity contribution in [3.63, 3.8) is 0 Å². The van der Waals surface area contributed by atoms with Crippen LogP contribution in [0.3, 0.4) is 0 Å². The number of carbonyl (C=O) groups excluding carboxylic acids is 2. The molecule has 9 nitrogen and oxygen atoms in total. The molecule has 0 fully saturated rings. The third-order valence-corrected chi connectivity index (χ3v) is 4.46. The first-order valence-electron chi connectivity index (χ1n) is 8.34. The molecule has 0 N–H and O–H groups in total. The summed E-state index contributed by atoms with van der Waals surface area (Å²) >= 11 is 0. The first-order valence-corrected chi connectivity index (χ1v) is 8.34. The molecule has 1 atom stereocenters. The lowest BCUT2D eigenvalue weighted by atomic mass is 10.1. The van der Waals surface area contributed by atoms with Crippen molar-refractivity contribution in [2.24, 2.45) is 0 Å². The van der Waals surface area contributed by atoms with Gasteiger partial charge >= 0.3 is 0 Å². The lowest BCUT2D eigenvalue weighted by Crippen LogP contribution is -2.40. The second-order valence-corrected chi connectivity index (χ2v) is 6.64. The predicted molar refractivity (Wildman–Crippen MR) is 98.8 cm³/mol. The van der Waals surface area contributed by atoms with Crippen LogP contribution >= 0.6 is 0 Å². The summed E-state index contributed by atoms with van der Waals surface area (Å²) in [7, 11) is 3.04. The zero-order chi connectivity index (χ0) is 19.9. The summed E-state index contributed by atoms with van der Waals surface area (Å²) in [4.78, 5) is 42.7. The van der Waals surface area contributed by atoms with Crippen LogP contribution in [0.5, 0.6) is 0 Å². The molecular weight excluding hydrogens is 348 g/mol. The van der Waals surface area contributed by atoms with Crippen LogP contribution in [-0.2, 0) is 9.59 Å². The van der Waals surface area contributed by atoms with Gasteiger partial charge in [0.1, 0.15) is 6.33 Å². The number of likely N-dealkylation sites (N-methyl/N-ethyl adjacent to an activating group) is 1. The number of fused-ring (bicyclic) bond motifs is 1. The number of hydrogen-bond donors (Lipinski definition) is 0. The fraction of sp³-hybridized carbons (Fsp3) is 0.333. The van der Waals surface area contributed by atoms with Gasteiger partial charge in [0, 0.05) is 14.1 Å². The molecule has 2 aromatic heterocycles. The van der Waals surface area contributed by atoms with E-state index in [9.17, 15) is 14.4 Å². The van der Waals surface area contributed by atoms with Gasteiger partial charge in [-0.3, -0.25) is 19.0 Å². The van der Waals surface area contributed by atoms with E-state index in [4.69, 9.17) is 0 Å². The molecule has 0 aliphatic rings. The first-order chi connectivity index (χ1) is 12.7. The topological polar surface area (TPSA) is 103 Å². The molecule has 3 aromatic rings. The summed E-state index contributed by atoms with van der Waals surface area (Å²) in [6, 6.07) is 4.44. The fourth-order valence-corrected chi connectivity index (χ4v) is 2.77. The van der Waals surface area contributed by atoms with Gasteiger partial charge in [-0.25, -0.2) is 4.98 Å². The third kappa shape index (κ3) is 3.12. The van der Waals surface area contributed by atoms with Gasteiger partial charge < -0.3 is 4.90 Å². The summed E-state index contributed by atoms with van der Waals surface area (Å²) in [6.07, 6.45) is 1.19. The molecule has 1 amide bonds. The van der Waals surface area contributed by atoms with Crippen LogP contribution in [-0.4, -0.2) is 55.2 Å². The van der Waals surface area contributed by atoms with Crippen molar-refractivity contribution >= 4 is 22.9 Å². The van der Waals surface area contributed by atoms with Crippen molar-refractivity contribution in [2.75, 3.05) is 14.1 Å². The monoisotopic (exact) mass is 368 g/mol. The minimum atomic E-state index is -1.28. The lowest BCUT2D eigenvalue weighted by molar-refractivity contribution is -0.137. The van der Waals surface area contributed by atoms with Crippen molar-refractivity contribution in [2.45, 2.75) is 26.8 Å². The van der Waals surface area contributed by atoms with Crippen LogP contribution in [0.4, 0.5) is 0 Å². The second kappa shape index (κ2) is 6.75. The number of Topliss-reactive ketones (excluding diaryl/α,β-unsaturated/α-hetero) is 1. The molecule has 0 bridgehead atoms. The second-order valence-electron chi connectivity index (χ2n) is 6.64. The minimum Gasteiger partial charge on any atom is -0.347 e. The number of hydrogen-bond acceptors (Lipinski definition) is 6. The molecule has 1 unspecified atom stereocenters. The number of aromatic nitrogens is 5. The van der Waals surface area contributed by atoms with Gasteiger partial charge in [0.05, 0.1) is 5.69 Å². The van der Waals surface area contributed by atoms with E-state index in [1.807, 2.05) is 32.0 Å². The van der Waals surface area contributed by atoms with Gasteiger partial charge in [0.15, 0.2) is 23.0 Å². The van der Waals surface area contributed by atoms with Gasteiger partial charge in [0.2, 0.25) is 0 Å². The predicted octanol–water partition coefficient (Wildman–Crippen LogP) is 0.812. The van der Waals surface area contributed by atoms with Gasteiger partial charge in [-0.1, -0.05) is 11.3 Å². The molecule has 0 spiro atoms. The normalized spacial score (nSPS) is 12.2. The summed E-state index contributed by atoms with van der Waals surface area (Å²) in [6.45, 7) is 5.23. The quantitative estimate of drug-likeness (QED) is 0.632. The number of carbonyl (C=O) groups is 2. The molecule has 3 rings (SSSR count). The average molecular weight is 368 g/mol. The van der Waals surface area contributed by atoms with Gasteiger partial charge in [-0.2, -0.15) is 4.68 Å². The number of aryl methyl sites for hydroxylation is 2. The maximum absolute atomic E-state index is 12.9. The number of nitrogens with zero attached hydrogens (tertiary/aromatic N) is 6. The minimum absolute atomic E-state index is 0.00599. The van der Waals surface area contributed by atoms with Crippen LogP contribution in [0.1, 0.15) is 24.1 Å². The fourth-order valence-electron chi connectivity index (χ4n) is 2.77. The van der Waals surface area contributed by atoms with Crippen molar-refractivity contribution in [1.82, 2.24) is 29.4 Å². The zero-order valence-electron chi connectivity index (χ0n) is 15.8. The van der Waals surface area contributed by atoms with Crippen molar-refractivity contribution in [3.8, 4) is 5.69 Å². The van der Waals surface area contributed by atoms with E-state index in [0.29, 0.717) is 0 Å². The van der Waals surface area contributed by atoms with Crippen molar-refractivity contribution < 1.29 is 9.59 Å². The molecule has 1 aromatic carbocycles. The number of rotatable bonds is 4. The van der Waals surface area contributed by atoms with E-state index < -0.39 is 23.3 Å². The van der Waals surface area contributed by atoms with E-state index in [1.54, 1.807) is 0 Å². The smallest absolute Gasteiger partial charge is 0.284 e. The summed E-state index contributed by atoms with van der Waals surface area (Å²) < 4.78 is 2.47. The molecule has 0 aliphatic heterocycles. The standard InChI is InChI=1S/C18H20N6O3/c1-10-6-7-13(8-11(10)2)24-16-14(20-21-24)17(26)23(9-19-16)15(12(3)25)18(27)22(4)5/h6-9,15H,1-5H3. The maximum Gasteiger partial charge on any atom is 0.284 e. The van der Waals surface area contributed by atoms with Gasteiger partial charge in [-0.05, 0) is 44.0 Å². The molecule has 9 heteroatoms. The summed E-state index contributed by atoms with van der Waals surface area (Å²) in [5.74, 6) is -0.967. The molecule has 2 heterocycles. The molecular formula is C18H20N6O3. The van der Waals surface area contributed by atoms with Gasteiger partial charge in [0.25, 0.3) is 11.5 Å². The van der Waals surface area contributed by atoms with Gasteiger partial charge in [-0.15, -0.1) is 5.10 Å². The Kier molecular flexibility index (Phi) is 4.61. The highest BCUT2D eigenvalue weighted by Crippen LogP contribution is 2.17. The lowest BCUT2D eigenvalue weighted by Gasteiger charge is -2.19. The highest BCUT2D eigenvalue weighted by Gasteiger charge is 2.29. The Morgan fingerprint density at radius 3 is 2.44 bits per heavy atom. The molecule has 140 valence electrons. The Morgan fingerprint density at radius 2 is 1.85 bits per heavy atom. The summed E-state index contributed by atoms with van der Waals surface area (Å²) in [5.41, 5.74) is 2.58. The highest BCUT2D eigenvalue weighted by molar-refractivity contribution is 6.02. The Labute approximate surface area is 155 Å². The molecule has 0 saturated heterocycles. The Hall–Kier alpha value is -3.36. The molecule has 0 saturated carbocycles. The number of amides is 1. The first kappa shape index (κ1) is 18.4.